The van der Waals surface area contributed by atoms with E-state index in [0.717, 1.165) is 12.8 Å². The van der Waals surface area contributed by atoms with Gasteiger partial charge in [0.05, 0.1) is 0 Å². The minimum atomic E-state index is 1.12. The summed E-state index contributed by atoms with van der Waals surface area (Å²) < 4.78 is 0. The quantitative estimate of drug-likeness (QED) is 0.644. The fourth-order valence-electron chi connectivity index (χ4n) is 1.56. The van der Waals surface area contributed by atoms with Gasteiger partial charge in [-0.2, -0.15) is 0 Å². The fraction of sp³-hybridized carbons (Fsp3) is 0.385. The van der Waals surface area contributed by atoms with Gasteiger partial charge in [0, 0.05) is 0 Å². The number of hydrogen-bond acceptors (Lipinski definition) is 0. The van der Waals surface area contributed by atoms with E-state index in [9.17, 15) is 0 Å². The van der Waals surface area contributed by atoms with Crippen LogP contribution in [0.4, 0.5) is 0 Å². The lowest BCUT2D eigenvalue weighted by Crippen LogP contribution is -1.83. The second-order valence-electron chi connectivity index (χ2n) is 3.36. The van der Waals surface area contributed by atoms with Crippen LogP contribution in [0.3, 0.4) is 0 Å². The summed E-state index contributed by atoms with van der Waals surface area (Å²) in [6.45, 7) is 6.54. The van der Waals surface area contributed by atoms with E-state index in [0.29, 0.717) is 0 Å². The third-order valence-electron chi connectivity index (χ3n) is 2.22. The van der Waals surface area contributed by atoms with Gasteiger partial charge >= 0.3 is 0 Å². The molecule has 0 aliphatic rings. The summed E-state index contributed by atoms with van der Waals surface area (Å²) >= 11 is 0. The molecule has 1 aromatic rings. The van der Waals surface area contributed by atoms with Crippen LogP contribution >= 0.6 is 0 Å². The second kappa shape index (κ2) is 4.86. The highest BCUT2D eigenvalue weighted by Gasteiger charge is 1.97. The van der Waals surface area contributed by atoms with E-state index in [-0.39, 0.29) is 0 Å². The Labute approximate surface area is 81.3 Å². The number of allylic oxidation sites excluding steroid dienone is 2. The van der Waals surface area contributed by atoms with Crippen LogP contribution in [0.25, 0.3) is 5.57 Å². The number of rotatable bonds is 3. The summed E-state index contributed by atoms with van der Waals surface area (Å²) in [5, 5.41) is 0. The third kappa shape index (κ3) is 2.73. The molecule has 0 aliphatic carbocycles. The molecule has 0 radical (unpaired) electrons. The highest BCUT2D eigenvalue weighted by atomic mass is 14.0. The normalized spacial score (nSPS) is 11.8. The molecule has 1 rings (SSSR count). The van der Waals surface area contributed by atoms with Crippen molar-refractivity contribution in [3.8, 4) is 0 Å². The Morgan fingerprint density at radius 3 is 2.62 bits per heavy atom. The Morgan fingerprint density at radius 2 is 2.08 bits per heavy atom. The van der Waals surface area contributed by atoms with Crippen LogP contribution in [-0.4, -0.2) is 0 Å². The molecule has 0 saturated carbocycles. The molecule has 0 N–H and O–H groups in total. The maximum absolute atomic E-state index is 2.31. The summed E-state index contributed by atoms with van der Waals surface area (Å²) in [4.78, 5) is 0. The Hall–Kier alpha value is -1.04. The first kappa shape index (κ1) is 10.0. The zero-order valence-corrected chi connectivity index (χ0v) is 8.80. The van der Waals surface area contributed by atoms with Crippen molar-refractivity contribution in [2.45, 2.75) is 33.6 Å². The molecule has 0 aromatic heterocycles. The van der Waals surface area contributed by atoms with E-state index in [4.69, 9.17) is 0 Å². The van der Waals surface area contributed by atoms with E-state index in [1.165, 1.54) is 16.7 Å². The standard InChI is InChI=1S/C13H18/c1-4-7-12(5-2)13-9-6-8-11(3)10-13/h6-10H,4-5H2,1-3H3. The van der Waals surface area contributed by atoms with Gasteiger partial charge < -0.3 is 0 Å². The fourth-order valence-corrected chi connectivity index (χ4v) is 1.56. The number of hydrogen-bond donors (Lipinski definition) is 0. The molecule has 0 bridgehead atoms. The molecule has 13 heavy (non-hydrogen) atoms. The van der Waals surface area contributed by atoms with Gasteiger partial charge in [-0.15, -0.1) is 0 Å². The van der Waals surface area contributed by atoms with Crippen molar-refractivity contribution in [3.63, 3.8) is 0 Å². The largest absolute Gasteiger partial charge is 0.0810 e. The molecule has 0 fully saturated rings. The van der Waals surface area contributed by atoms with Gasteiger partial charge in [0.2, 0.25) is 0 Å². The first-order valence-corrected chi connectivity index (χ1v) is 5.04. The predicted octanol–water partition coefficient (Wildman–Crippen LogP) is 4.20. The number of aryl methyl sites for hydroxylation is 1. The Bertz CT molecular complexity index is 295. The van der Waals surface area contributed by atoms with Crippen molar-refractivity contribution in [1.29, 1.82) is 0 Å². The SMILES string of the molecule is CCC=C(CC)c1cccc(C)c1. The van der Waals surface area contributed by atoms with Crippen LogP contribution in [-0.2, 0) is 0 Å². The van der Waals surface area contributed by atoms with Gasteiger partial charge in [0.25, 0.3) is 0 Å². The zero-order valence-electron chi connectivity index (χ0n) is 8.80. The van der Waals surface area contributed by atoms with Gasteiger partial charge in [-0.05, 0) is 30.9 Å². The van der Waals surface area contributed by atoms with E-state index in [1.54, 1.807) is 0 Å². The van der Waals surface area contributed by atoms with Gasteiger partial charge in [-0.25, -0.2) is 0 Å². The highest BCUT2D eigenvalue weighted by Crippen LogP contribution is 2.19. The summed E-state index contributed by atoms with van der Waals surface area (Å²) in [5.74, 6) is 0. The molecule has 0 saturated heterocycles. The molecule has 0 nitrogen and oxygen atoms in total. The van der Waals surface area contributed by atoms with E-state index in [2.05, 4.69) is 51.1 Å². The van der Waals surface area contributed by atoms with Crippen LogP contribution in [0.2, 0.25) is 0 Å². The van der Waals surface area contributed by atoms with E-state index < -0.39 is 0 Å². The molecular weight excluding hydrogens is 156 g/mol. The lowest BCUT2D eigenvalue weighted by Gasteiger charge is -2.05. The molecule has 0 atom stereocenters. The van der Waals surface area contributed by atoms with E-state index >= 15 is 0 Å². The second-order valence-corrected chi connectivity index (χ2v) is 3.36. The van der Waals surface area contributed by atoms with E-state index in [1.807, 2.05) is 0 Å². The van der Waals surface area contributed by atoms with Crippen LogP contribution < -0.4 is 0 Å². The molecule has 0 amide bonds. The first-order chi connectivity index (χ1) is 6.27. The van der Waals surface area contributed by atoms with Gasteiger partial charge in [0.1, 0.15) is 0 Å². The predicted molar refractivity (Wildman–Crippen MR) is 59.7 cm³/mol. The van der Waals surface area contributed by atoms with Crippen molar-refractivity contribution in [1.82, 2.24) is 0 Å². The molecular formula is C13H18. The van der Waals surface area contributed by atoms with Crippen molar-refractivity contribution in [3.05, 3.63) is 41.5 Å². The minimum absolute atomic E-state index is 1.12. The van der Waals surface area contributed by atoms with Crippen LogP contribution in [0, 0.1) is 6.92 Å². The summed E-state index contributed by atoms with van der Waals surface area (Å²) in [6.07, 6.45) is 4.56. The van der Waals surface area contributed by atoms with Crippen molar-refractivity contribution >= 4 is 5.57 Å². The van der Waals surface area contributed by atoms with Gasteiger partial charge in [-0.1, -0.05) is 49.8 Å². The Kier molecular flexibility index (Phi) is 3.75. The summed E-state index contributed by atoms with van der Waals surface area (Å²) in [7, 11) is 0. The number of benzene rings is 1. The van der Waals surface area contributed by atoms with Gasteiger partial charge in [0.15, 0.2) is 0 Å². The smallest absolute Gasteiger partial charge is 0.0225 e. The van der Waals surface area contributed by atoms with Crippen LogP contribution in [0.5, 0.6) is 0 Å². The van der Waals surface area contributed by atoms with Crippen molar-refractivity contribution in [2.75, 3.05) is 0 Å². The van der Waals surface area contributed by atoms with Crippen molar-refractivity contribution < 1.29 is 0 Å². The van der Waals surface area contributed by atoms with Crippen LogP contribution in [0.1, 0.15) is 37.8 Å². The van der Waals surface area contributed by atoms with Crippen molar-refractivity contribution in [2.24, 2.45) is 0 Å². The first-order valence-electron chi connectivity index (χ1n) is 5.04. The topological polar surface area (TPSA) is 0 Å². The maximum atomic E-state index is 2.31. The average Bonchev–Trinajstić information content (AvgIpc) is 2.14. The third-order valence-corrected chi connectivity index (χ3v) is 2.22. The highest BCUT2D eigenvalue weighted by molar-refractivity contribution is 5.65. The summed E-state index contributed by atoms with van der Waals surface area (Å²) in [5.41, 5.74) is 4.18. The lowest BCUT2D eigenvalue weighted by molar-refractivity contribution is 1.17. The molecule has 0 heterocycles. The molecule has 70 valence electrons. The zero-order chi connectivity index (χ0) is 9.68. The molecule has 0 heteroatoms. The Balaban J connectivity index is 2.98. The molecule has 0 spiro atoms. The summed E-state index contributed by atoms with van der Waals surface area (Å²) in [6, 6.07) is 8.72. The van der Waals surface area contributed by atoms with Crippen LogP contribution in [0.15, 0.2) is 30.3 Å². The minimum Gasteiger partial charge on any atom is -0.0810 e. The van der Waals surface area contributed by atoms with Gasteiger partial charge in [-0.3, -0.25) is 0 Å². The molecule has 0 aliphatic heterocycles. The molecule has 0 unspecified atom stereocenters. The Morgan fingerprint density at radius 1 is 1.31 bits per heavy atom. The maximum Gasteiger partial charge on any atom is -0.0225 e. The average molecular weight is 174 g/mol. The lowest BCUT2D eigenvalue weighted by atomic mass is 10.0. The monoisotopic (exact) mass is 174 g/mol. The molecule has 1 aromatic carbocycles.